The van der Waals surface area contributed by atoms with Gasteiger partial charge in [-0.1, -0.05) is 0 Å². The summed E-state index contributed by atoms with van der Waals surface area (Å²) in [6.07, 6.45) is 3.16. The number of nitrogens with one attached hydrogen (secondary N) is 1. The van der Waals surface area contributed by atoms with Crippen molar-refractivity contribution >= 4 is 5.69 Å². The fourth-order valence-corrected chi connectivity index (χ4v) is 2.27. The smallest absolute Gasteiger partial charge is 0.247 e. The molecule has 2 aromatic heterocycles. The molecule has 0 aliphatic carbocycles. The summed E-state index contributed by atoms with van der Waals surface area (Å²) < 4.78 is 7.19. The minimum Gasteiger partial charge on any atom is -0.423 e. The number of hydrogen-bond acceptors (Lipinski definition) is 5. The number of rotatable bonds is 5. The Morgan fingerprint density at radius 3 is 2.90 bits per heavy atom. The van der Waals surface area contributed by atoms with E-state index in [-0.39, 0.29) is 0 Å². The fourth-order valence-electron chi connectivity index (χ4n) is 2.27. The Morgan fingerprint density at radius 2 is 2.19 bits per heavy atom. The minimum absolute atomic E-state index is 0.536. The van der Waals surface area contributed by atoms with Crippen LogP contribution < -0.4 is 5.32 Å². The molecule has 0 fully saturated rings. The average molecular weight is 283 g/mol. The van der Waals surface area contributed by atoms with E-state index in [1.54, 1.807) is 0 Å². The Labute approximate surface area is 122 Å². The Morgan fingerprint density at radius 1 is 1.29 bits per heavy atom. The fraction of sp³-hybridized carbons (Fsp3) is 0.267. The van der Waals surface area contributed by atoms with Gasteiger partial charge in [-0.05, 0) is 43.7 Å². The molecular formula is C15H17N5O. The van der Waals surface area contributed by atoms with Crippen molar-refractivity contribution in [1.82, 2.24) is 20.0 Å². The van der Waals surface area contributed by atoms with Crippen LogP contribution in [0.2, 0.25) is 0 Å². The first kappa shape index (κ1) is 13.4. The van der Waals surface area contributed by atoms with Gasteiger partial charge < -0.3 is 9.73 Å². The summed E-state index contributed by atoms with van der Waals surface area (Å²) >= 11 is 0. The predicted octanol–water partition coefficient (Wildman–Crippen LogP) is 2.87. The standard InChI is InChI=1S/C15H17N5O/c1-3-20-13(6-7-18-20)9-16-14-5-4-12(8-11(14)2)15-19-17-10-21-15/h4-8,10,16H,3,9H2,1-2H3. The van der Waals surface area contributed by atoms with Gasteiger partial charge in [0, 0.05) is 24.0 Å². The van der Waals surface area contributed by atoms with Crippen molar-refractivity contribution in [2.24, 2.45) is 0 Å². The van der Waals surface area contributed by atoms with E-state index in [0.29, 0.717) is 5.89 Å². The third kappa shape index (κ3) is 2.79. The summed E-state index contributed by atoms with van der Waals surface area (Å²) in [5, 5.41) is 15.3. The summed E-state index contributed by atoms with van der Waals surface area (Å²) in [7, 11) is 0. The zero-order valence-corrected chi connectivity index (χ0v) is 12.1. The lowest BCUT2D eigenvalue weighted by Gasteiger charge is -2.11. The zero-order valence-electron chi connectivity index (χ0n) is 12.1. The van der Waals surface area contributed by atoms with E-state index in [2.05, 4.69) is 34.5 Å². The first-order chi connectivity index (χ1) is 10.3. The molecule has 0 bridgehead atoms. The molecule has 0 saturated carbocycles. The molecule has 3 rings (SSSR count). The van der Waals surface area contributed by atoms with Crippen molar-refractivity contribution < 1.29 is 4.42 Å². The molecule has 6 nitrogen and oxygen atoms in total. The molecule has 3 aromatic rings. The van der Waals surface area contributed by atoms with Gasteiger partial charge in [0.05, 0.1) is 12.2 Å². The van der Waals surface area contributed by atoms with Crippen LogP contribution in [0.1, 0.15) is 18.2 Å². The SMILES string of the molecule is CCn1nccc1CNc1ccc(-c2nnco2)cc1C. The van der Waals surface area contributed by atoms with Crippen LogP contribution in [0.25, 0.3) is 11.5 Å². The van der Waals surface area contributed by atoms with Crippen molar-refractivity contribution in [1.29, 1.82) is 0 Å². The molecule has 2 heterocycles. The molecule has 0 radical (unpaired) electrons. The molecule has 6 heteroatoms. The van der Waals surface area contributed by atoms with E-state index < -0.39 is 0 Å². The molecule has 0 aliphatic rings. The summed E-state index contributed by atoms with van der Waals surface area (Å²) in [4.78, 5) is 0. The molecule has 0 aliphatic heterocycles. The van der Waals surface area contributed by atoms with Crippen LogP contribution in [0.5, 0.6) is 0 Å². The van der Waals surface area contributed by atoms with Crippen LogP contribution in [-0.4, -0.2) is 20.0 Å². The van der Waals surface area contributed by atoms with Gasteiger partial charge in [-0.25, -0.2) is 0 Å². The number of nitrogens with zero attached hydrogens (tertiary/aromatic N) is 4. The van der Waals surface area contributed by atoms with E-state index >= 15 is 0 Å². The largest absolute Gasteiger partial charge is 0.423 e. The lowest BCUT2D eigenvalue weighted by atomic mass is 10.1. The number of benzene rings is 1. The second kappa shape index (κ2) is 5.78. The van der Waals surface area contributed by atoms with Gasteiger partial charge in [0.1, 0.15) is 0 Å². The van der Waals surface area contributed by atoms with Crippen LogP contribution in [-0.2, 0) is 13.1 Å². The average Bonchev–Trinajstić information content (AvgIpc) is 3.17. The molecule has 0 amide bonds. The topological polar surface area (TPSA) is 68.8 Å². The highest BCUT2D eigenvalue weighted by molar-refractivity contribution is 5.62. The zero-order chi connectivity index (χ0) is 14.7. The summed E-state index contributed by atoms with van der Waals surface area (Å²) in [5.41, 5.74) is 4.31. The van der Waals surface area contributed by atoms with Crippen LogP contribution in [0, 0.1) is 6.92 Å². The lowest BCUT2D eigenvalue weighted by Crippen LogP contribution is -2.08. The molecule has 0 unspecified atom stereocenters. The lowest BCUT2D eigenvalue weighted by molar-refractivity contribution is 0.568. The second-order valence-electron chi connectivity index (χ2n) is 4.77. The maximum Gasteiger partial charge on any atom is 0.247 e. The van der Waals surface area contributed by atoms with Crippen LogP contribution in [0.15, 0.2) is 41.3 Å². The first-order valence-electron chi connectivity index (χ1n) is 6.89. The highest BCUT2D eigenvalue weighted by Crippen LogP contribution is 2.23. The maximum atomic E-state index is 5.21. The van der Waals surface area contributed by atoms with Crippen molar-refractivity contribution in [3.63, 3.8) is 0 Å². The van der Waals surface area contributed by atoms with E-state index in [1.807, 2.05) is 35.1 Å². The van der Waals surface area contributed by atoms with E-state index in [1.165, 1.54) is 6.39 Å². The third-order valence-corrected chi connectivity index (χ3v) is 3.40. The Balaban J connectivity index is 1.74. The van der Waals surface area contributed by atoms with Gasteiger partial charge in [0.2, 0.25) is 12.3 Å². The monoisotopic (exact) mass is 283 g/mol. The van der Waals surface area contributed by atoms with E-state index in [9.17, 15) is 0 Å². The highest BCUT2D eigenvalue weighted by Gasteiger charge is 2.07. The van der Waals surface area contributed by atoms with Gasteiger partial charge >= 0.3 is 0 Å². The Kier molecular flexibility index (Phi) is 3.68. The molecule has 0 saturated heterocycles. The maximum absolute atomic E-state index is 5.21. The molecule has 1 aromatic carbocycles. The van der Waals surface area contributed by atoms with Crippen LogP contribution in [0.3, 0.4) is 0 Å². The Hall–Kier alpha value is -2.63. The van der Waals surface area contributed by atoms with Gasteiger partial charge in [0.25, 0.3) is 0 Å². The predicted molar refractivity (Wildman–Crippen MR) is 79.7 cm³/mol. The number of aryl methyl sites for hydroxylation is 2. The van der Waals surface area contributed by atoms with Crippen LogP contribution >= 0.6 is 0 Å². The molecule has 1 N–H and O–H groups in total. The van der Waals surface area contributed by atoms with Crippen molar-refractivity contribution in [2.45, 2.75) is 26.9 Å². The molecule has 0 spiro atoms. The van der Waals surface area contributed by atoms with Crippen LogP contribution in [0.4, 0.5) is 5.69 Å². The second-order valence-corrected chi connectivity index (χ2v) is 4.77. The van der Waals surface area contributed by atoms with Gasteiger partial charge in [-0.2, -0.15) is 5.10 Å². The van der Waals surface area contributed by atoms with Gasteiger partial charge in [0.15, 0.2) is 0 Å². The van der Waals surface area contributed by atoms with E-state index in [4.69, 9.17) is 4.42 Å². The third-order valence-electron chi connectivity index (χ3n) is 3.40. The highest BCUT2D eigenvalue weighted by atomic mass is 16.4. The van der Waals surface area contributed by atoms with Crippen molar-refractivity contribution in [2.75, 3.05) is 5.32 Å². The van der Waals surface area contributed by atoms with E-state index in [0.717, 1.165) is 35.6 Å². The molecular weight excluding hydrogens is 266 g/mol. The summed E-state index contributed by atoms with van der Waals surface area (Å²) in [6, 6.07) is 8.06. The quantitative estimate of drug-likeness (QED) is 0.779. The molecule has 0 atom stereocenters. The molecule has 108 valence electrons. The number of aromatic nitrogens is 4. The number of hydrogen-bond donors (Lipinski definition) is 1. The summed E-state index contributed by atoms with van der Waals surface area (Å²) in [6.45, 7) is 5.76. The first-order valence-corrected chi connectivity index (χ1v) is 6.89. The van der Waals surface area contributed by atoms with Crippen molar-refractivity contribution in [3.05, 3.63) is 48.1 Å². The van der Waals surface area contributed by atoms with Crippen molar-refractivity contribution in [3.8, 4) is 11.5 Å². The van der Waals surface area contributed by atoms with Gasteiger partial charge in [-0.3, -0.25) is 4.68 Å². The number of anilines is 1. The van der Waals surface area contributed by atoms with Gasteiger partial charge in [-0.15, -0.1) is 10.2 Å². The minimum atomic E-state index is 0.536. The molecule has 21 heavy (non-hydrogen) atoms. The normalized spacial score (nSPS) is 10.8. The Bertz CT molecular complexity index is 718. The summed E-state index contributed by atoms with van der Waals surface area (Å²) in [5.74, 6) is 0.536.